The lowest BCUT2D eigenvalue weighted by Crippen LogP contribution is -2.46. The van der Waals surface area contributed by atoms with Crippen molar-refractivity contribution in [3.63, 3.8) is 0 Å². The van der Waals surface area contributed by atoms with Crippen LogP contribution in [0.25, 0.3) is 0 Å². The molecule has 0 aromatic rings. The Bertz CT molecular complexity index is 347. The first-order chi connectivity index (χ1) is 7.96. The Labute approximate surface area is 104 Å². The number of Topliss-reactive ketones (excluding diaryl/α,β-unsaturated/α-hetero) is 1. The van der Waals surface area contributed by atoms with E-state index in [9.17, 15) is 13.2 Å². The summed E-state index contributed by atoms with van der Waals surface area (Å²) in [6.45, 7) is 4.65. The predicted octanol–water partition coefficient (Wildman–Crippen LogP) is 1.16. The van der Waals surface area contributed by atoms with E-state index >= 15 is 0 Å². The van der Waals surface area contributed by atoms with Crippen LogP contribution in [0.5, 0.6) is 0 Å². The second kappa shape index (κ2) is 6.50. The molecule has 0 radical (unpaired) electrons. The number of carbonyl (C=O) groups excluding carboxylic acids is 1. The smallest absolute Gasteiger partial charge is 0.153 e. The summed E-state index contributed by atoms with van der Waals surface area (Å²) in [5, 5.41) is 3.11. The van der Waals surface area contributed by atoms with Gasteiger partial charge in [-0.1, -0.05) is 26.7 Å². The van der Waals surface area contributed by atoms with Crippen LogP contribution in [0, 0.1) is 5.92 Å². The minimum absolute atomic E-state index is 0.113. The third-order valence-electron chi connectivity index (χ3n) is 3.45. The molecule has 1 aliphatic rings. The summed E-state index contributed by atoms with van der Waals surface area (Å²) in [6.07, 6.45) is 2.97. The van der Waals surface area contributed by atoms with E-state index in [2.05, 4.69) is 19.2 Å². The lowest BCUT2D eigenvalue weighted by atomic mass is 9.94. The molecule has 0 aromatic heterocycles. The van der Waals surface area contributed by atoms with Crippen molar-refractivity contribution in [3.8, 4) is 0 Å². The molecule has 1 fully saturated rings. The van der Waals surface area contributed by atoms with Gasteiger partial charge in [-0.2, -0.15) is 0 Å². The SMILES string of the molecule is CCC(CC)CC(=O)CC1CS(=O)(=O)CCN1. The molecule has 5 heteroatoms. The maximum Gasteiger partial charge on any atom is 0.153 e. The zero-order valence-electron chi connectivity index (χ0n) is 10.7. The molecule has 1 unspecified atom stereocenters. The first-order valence-corrected chi connectivity index (χ1v) is 8.24. The third-order valence-corrected chi connectivity index (χ3v) is 5.18. The van der Waals surface area contributed by atoms with E-state index in [1.165, 1.54) is 0 Å². The van der Waals surface area contributed by atoms with Gasteiger partial charge in [0.15, 0.2) is 9.84 Å². The van der Waals surface area contributed by atoms with E-state index in [-0.39, 0.29) is 23.3 Å². The zero-order chi connectivity index (χ0) is 12.9. The van der Waals surface area contributed by atoms with Crippen LogP contribution in [0.2, 0.25) is 0 Å². The van der Waals surface area contributed by atoms with Crippen LogP contribution in [-0.4, -0.2) is 38.3 Å². The number of carbonyl (C=O) groups is 1. The van der Waals surface area contributed by atoms with Crippen molar-refractivity contribution >= 4 is 15.6 Å². The number of hydrogen-bond donors (Lipinski definition) is 1. The van der Waals surface area contributed by atoms with Gasteiger partial charge in [0.25, 0.3) is 0 Å². The normalized spacial score (nSPS) is 23.8. The van der Waals surface area contributed by atoms with Crippen molar-refractivity contribution in [2.45, 2.75) is 45.6 Å². The summed E-state index contributed by atoms with van der Waals surface area (Å²) in [5.41, 5.74) is 0. The largest absolute Gasteiger partial charge is 0.312 e. The number of rotatable bonds is 6. The van der Waals surface area contributed by atoms with Gasteiger partial charge in [0.1, 0.15) is 5.78 Å². The van der Waals surface area contributed by atoms with Crippen molar-refractivity contribution in [1.29, 1.82) is 0 Å². The molecule has 1 heterocycles. The van der Waals surface area contributed by atoms with E-state index in [0.717, 1.165) is 12.8 Å². The molecule has 1 saturated heterocycles. The summed E-state index contributed by atoms with van der Waals surface area (Å²) < 4.78 is 22.9. The molecule has 0 aromatic carbocycles. The van der Waals surface area contributed by atoms with Crippen LogP contribution < -0.4 is 5.32 Å². The van der Waals surface area contributed by atoms with Gasteiger partial charge >= 0.3 is 0 Å². The van der Waals surface area contributed by atoms with Gasteiger partial charge in [0, 0.05) is 25.4 Å². The molecule has 1 aliphatic heterocycles. The first-order valence-electron chi connectivity index (χ1n) is 6.42. The monoisotopic (exact) mass is 261 g/mol. The van der Waals surface area contributed by atoms with Crippen molar-refractivity contribution < 1.29 is 13.2 Å². The van der Waals surface area contributed by atoms with Crippen LogP contribution >= 0.6 is 0 Å². The number of hydrogen-bond acceptors (Lipinski definition) is 4. The average Bonchev–Trinajstić information content (AvgIpc) is 2.24. The lowest BCUT2D eigenvalue weighted by Gasteiger charge is -2.23. The fourth-order valence-electron chi connectivity index (χ4n) is 2.26. The number of sulfone groups is 1. The van der Waals surface area contributed by atoms with Gasteiger partial charge in [0.05, 0.1) is 11.5 Å². The lowest BCUT2D eigenvalue weighted by molar-refractivity contribution is -0.120. The second-order valence-corrected chi connectivity index (χ2v) is 7.12. The molecule has 100 valence electrons. The Hall–Kier alpha value is -0.420. The molecule has 1 atom stereocenters. The summed E-state index contributed by atoms with van der Waals surface area (Å²) in [5.74, 6) is 0.947. The quantitative estimate of drug-likeness (QED) is 0.779. The highest BCUT2D eigenvalue weighted by Crippen LogP contribution is 2.15. The number of nitrogens with one attached hydrogen (secondary N) is 1. The Morgan fingerprint density at radius 3 is 2.53 bits per heavy atom. The molecule has 17 heavy (non-hydrogen) atoms. The summed E-state index contributed by atoms with van der Waals surface area (Å²) in [7, 11) is -2.93. The molecule has 0 bridgehead atoms. The van der Waals surface area contributed by atoms with Gasteiger partial charge in [-0.05, 0) is 5.92 Å². The van der Waals surface area contributed by atoms with E-state index in [4.69, 9.17) is 0 Å². The molecule has 1 rings (SSSR count). The van der Waals surface area contributed by atoms with E-state index < -0.39 is 9.84 Å². The summed E-state index contributed by atoms with van der Waals surface area (Å²) in [4.78, 5) is 11.8. The summed E-state index contributed by atoms with van der Waals surface area (Å²) >= 11 is 0. The highest BCUT2D eigenvalue weighted by Gasteiger charge is 2.26. The van der Waals surface area contributed by atoms with Gasteiger partial charge in [-0.15, -0.1) is 0 Å². The van der Waals surface area contributed by atoms with Crippen LogP contribution in [0.4, 0.5) is 0 Å². The Kier molecular flexibility index (Phi) is 5.59. The fraction of sp³-hybridized carbons (Fsp3) is 0.917. The molecular weight excluding hydrogens is 238 g/mol. The maximum absolute atomic E-state index is 11.8. The van der Waals surface area contributed by atoms with E-state index in [1.54, 1.807) is 0 Å². The van der Waals surface area contributed by atoms with Crippen molar-refractivity contribution in [3.05, 3.63) is 0 Å². The minimum Gasteiger partial charge on any atom is -0.312 e. The van der Waals surface area contributed by atoms with Crippen molar-refractivity contribution in [2.24, 2.45) is 5.92 Å². The minimum atomic E-state index is -2.93. The molecule has 0 amide bonds. The first kappa shape index (κ1) is 14.6. The Morgan fingerprint density at radius 2 is 2.00 bits per heavy atom. The van der Waals surface area contributed by atoms with Crippen LogP contribution in [0.3, 0.4) is 0 Å². The highest BCUT2D eigenvalue weighted by molar-refractivity contribution is 7.91. The van der Waals surface area contributed by atoms with Crippen LogP contribution in [-0.2, 0) is 14.6 Å². The van der Waals surface area contributed by atoms with Crippen molar-refractivity contribution in [1.82, 2.24) is 5.32 Å². The van der Waals surface area contributed by atoms with E-state index in [1.807, 2.05) is 0 Å². The molecule has 0 saturated carbocycles. The number of ketones is 1. The second-order valence-electron chi connectivity index (χ2n) is 4.89. The fourth-order valence-corrected chi connectivity index (χ4v) is 3.70. The van der Waals surface area contributed by atoms with Crippen LogP contribution in [0.1, 0.15) is 39.5 Å². The van der Waals surface area contributed by atoms with Crippen molar-refractivity contribution in [2.75, 3.05) is 18.1 Å². The zero-order valence-corrected chi connectivity index (χ0v) is 11.6. The third kappa shape index (κ3) is 5.17. The molecular formula is C12H23NO3S. The highest BCUT2D eigenvalue weighted by atomic mass is 32.2. The summed E-state index contributed by atoms with van der Waals surface area (Å²) in [6, 6.07) is -0.171. The van der Waals surface area contributed by atoms with Gasteiger partial charge in [0.2, 0.25) is 0 Å². The molecule has 4 nitrogen and oxygen atoms in total. The molecule has 0 spiro atoms. The average molecular weight is 261 g/mol. The van der Waals surface area contributed by atoms with Gasteiger partial charge in [-0.3, -0.25) is 4.79 Å². The predicted molar refractivity (Wildman–Crippen MR) is 68.8 cm³/mol. The Balaban J connectivity index is 2.40. The molecule has 1 N–H and O–H groups in total. The topological polar surface area (TPSA) is 63.2 Å². The van der Waals surface area contributed by atoms with Crippen LogP contribution in [0.15, 0.2) is 0 Å². The Morgan fingerprint density at radius 1 is 1.35 bits per heavy atom. The van der Waals surface area contributed by atoms with Gasteiger partial charge in [-0.25, -0.2) is 8.42 Å². The standard InChI is InChI=1S/C12H23NO3S/c1-3-10(4-2)7-12(14)8-11-9-17(15,16)6-5-13-11/h10-11,13H,3-9H2,1-2H3. The molecule has 0 aliphatic carbocycles. The van der Waals surface area contributed by atoms with E-state index in [0.29, 0.717) is 25.3 Å². The maximum atomic E-state index is 11.8. The van der Waals surface area contributed by atoms with Gasteiger partial charge < -0.3 is 5.32 Å².